The Labute approximate surface area is 190 Å². The van der Waals surface area contributed by atoms with E-state index in [1.54, 1.807) is 18.2 Å². The number of Topliss-reactive ketones (excluding diaryl/α,β-unsaturated/α-hetero) is 1. The highest BCUT2D eigenvalue weighted by Gasteiger charge is 2.70. The van der Waals surface area contributed by atoms with Gasteiger partial charge in [-0.05, 0) is 24.1 Å². The predicted octanol–water partition coefficient (Wildman–Crippen LogP) is 4.65. The van der Waals surface area contributed by atoms with Gasteiger partial charge in [0.15, 0.2) is 5.78 Å². The maximum absolute atomic E-state index is 14.3. The van der Waals surface area contributed by atoms with Gasteiger partial charge in [-0.1, -0.05) is 55.8 Å². The van der Waals surface area contributed by atoms with Gasteiger partial charge in [-0.2, -0.15) is 13.2 Å². The molecule has 0 radical (unpaired) electrons. The third-order valence-corrected chi connectivity index (χ3v) is 6.01. The second-order valence-corrected chi connectivity index (χ2v) is 8.10. The number of ketones is 1. The molecule has 1 aliphatic heterocycles. The molecule has 1 aliphatic rings. The number of ether oxygens (including phenoxy) is 1. The Morgan fingerprint density at radius 1 is 1.09 bits per heavy atom. The molecule has 6 nitrogen and oxygen atoms in total. The first-order valence-electron chi connectivity index (χ1n) is 10.7. The average molecular weight is 464 g/mol. The molecule has 0 bridgehead atoms. The molecule has 1 N–H and O–H groups in total. The molecule has 0 aliphatic carbocycles. The average Bonchev–Trinajstić information content (AvgIpc) is 2.80. The molecule has 3 atom stereocenters. The number of hydrogen-bond donors (Lipinski definition) is 1. The number of alkyl halides is 3. The van der Waals surface area contributed by atoms with Crippen LogP contribution in [0.4, 0.5) is 18.0 Å². The van der Waals surface area contributed by atoms with Crippen molar-refractivity contribution in [3.8, 4) is 5.75 Å². The second kappa shape index (κ2) is 9.43. The van der Waals surface area contributed by atoms with Crippen molar-refractivity contribution in [2.75, 3.05) is 20.7 Å². The van der Waals surface area contributed by atoms with Crippen LogP contribution in [0.5, 0.6) is 5.75 Å². The van der Waals surface area contributed by atoms with Crippen molar-refractivity contribution in [2.45, 2.75) is 37.7 Å². The Kier molecular flexibility index (Phi) is 7.02. The lowest BCUT2D eigenvalue weighted by molar-refractivity contribution is -0.328. The molecule has 1 saturated heterocycles. The van der Waals surface area contributed by atoms with Crippen LogP contribution in [0.15, 0.2) is 54.6 Å². The Balaban J connectivity index is 2.12. The van der Waals surface area contributed by atoms with E-state index < -0.39 is 35.7 Å². The molecule has 2 aromatic rings. The number of nitrogens with zero attached hydrogens (tertiary/aromatic N) is 2. The first kappa shape index (κ1) is 24.6. The molecule has 33 heavy (non-hydrogen) atoms. The topological polar surface area (TPSA) is 70.1 Å². The van der Waals surface area contributed by atoms with Crippen LogP contribution in [0.1, 0.15) is 41.7 Å². The van der Waals surface area contributed by atoms with Gasteiger partial charge < -0.3 is 14.7 Å². The molecule has 9 heteroatoms. The van der Waals surface area contributed by atoms with Crippen LogP contribution in [-0.4, -0.2) is 59.3 Å². The van der Waals surface area contributed by atoms with Gasteiger partial charge in [0.25, 0.3) is 5.72 Å². The fraction of sp³-hybridized carbons (Fsp3) is 0.417. The van der Waals surface area contributed by atoms with E-state index in [-0.39, 0.29) is 16.0 Å². The first-order valence-corrected chi connectivity index (χ1v) is 10.7. The monoisotopic (exact) mass is 464 g/mol. The van der Waals surface area contributed by atoms with E-state index in [2.05, 4.69) is 0 Å². The van der Waals surface area contributed by atoms with Crippen LogP contribution >= 0.6 is 0 Å². The summed E-state index contributed by atoms with van der Waals surface area (Å²) < 4.78 is 48.5. The Morgan fingerprint density at radius 2 is 1.70 bits per heavy atom. The molecule has 2 amide bonds. The van der Waals surface area contributed by atoms with E-state index in [9.17, 15) is 27.9 Å². The van der Waals surface area contributed by atoms with E-state index >= 15 is 0 Å². The van der Waals surface area contributed by atoms with Gasteiger partial charge in [-0.15, -0.1) is 0 Å². The van der Waals surface area contributed by atoms with Gasteiger partial charge in [0.1, 0.15) is 11.7 Å². The van der Waals surface area contributed by atoms with E-state index in [1.807, 2.05) is 6.92 Å². The highest BCUT2D eigenvalue weighted by molar-refractivity contribution is 6.00. The molecule has 1 fully saturated rings. The highest BCUT2D eigenvalue weighted by atomic mass is 19.4. The number of hydrogen-bond acceptors (Lipinski definition) is 4. The van der Waals surface area contributed by atoms with Gasteiger partial charge in [-0.25, -0.2) is 4.79 Å². The molecule has 178 valence electrons. The summed E-state index contributed by atoms with van der Waals surface area (Å²) in [6.07, 6.45) is -3.49. The molecule has 1 heterocycles. The lowest BCUT2D eigenvalue weighted by Gasteiger charge is -2.53. The number of halogens is 3. The number of carbonyl (C=O) groups excluding carboxylic acids is 2. The zero-order valence-corrected chi connectivity index (χ0v) is 18.7. The van der Waals surface area contributed by atoms with Crippen molar-refractivity contribution in [3.05, 3.63) is 65.7 Å². The summed E-state index contributed by atoms with van der Waals surface area (Å²) in [5.74, 6) is -2.43. The van der Waals surface area contributed by atoms with Crippen LogP contribution in [-0.2, 0) is 0 Å². The SMILES string of the molecule is CCCCOc1ccc(C2C(C(=O)c3ccccc3)C(O)(C(F)(F)F)N(C)C(=O)N2C)cc1. The van der Waals surface area contributed by atoms with Crippen LogP contribution in [0.3, 0.4) is 0 Å². The predicted molar refractivity (Wildman–Crippen MR) is 116 cm³/mol. The Hall–Kier alpha value is -3.07. The zero-order chi connectivity index (χ0) is 24.4. The fourth-order valence-electron chi connectivity index (χ4n) is 4.14. The number of unbranched alkanes of at least 4 members (excludes halogenated alkanes) is 1. The minimum atomic E-state index is -5.28. The van der Waals surface area contributed by atoms with Crippen molar-refractivity contribution in [1.29, 1.82) is 0 Å². The van der Waals surface area contributed by atoms with Crippen LogP contribution in [0, 0.1) is 5.92 Å². The molecule has 0 saturated carbocycles. The third kappa shape index (κ3) is 4.42. The summed E-state index contributed by atoms with van der Waals surface area (Å²) in [4.78, 5) is 27.5. The molecular formula is C24H27F3N2O4. The quantitative estimate of drug-likeness (QED) is 0.478. The summed E-state index contributed by atoms with van der Waals surface area (Å²) in [6.45, 7) is 2.51. The van der Waals surface area contributed by atoms with E-state index in [1.165, 1.54) is 43.4 Å². The molecule has 2 aromatic carbocycles. The van der Waals surface area contributed by atoms with Crippen molar-refractivity contribution in [1.82, 2.24) is 9.80 Å². The van der Waals surface area contributed by atoms with Crippen molar-refractivity contribution in [2.24, 2.45) is 5.92 Å². The van der Waals surface area contributed by atoms with Crippen LogP contribution < -0.4 is 4.74 Å². The molecule has 3 unspecified atom stereocenters. The first-order chi connectivity index (χ1) is 15.5. The number of aliphatic hydroxyl groups is 1. The van der Waals surface area contributed by atoms with Crippen molar-refractivity contribution in [3.63, 3.8) is 0 Å². The van der Waals surface area contributed by atoms with E-state index in [0.717, 1.165) is 24.8 Å². The fourth-order valence-corrected chi connectivity index (χ4v) is 4.14. The van der Waals surface area contributed by atoms with Crippen LogP contribution in [0.2, 0.25) is 0 Å². The number of amides is 2. The molecule has 0 spiro atoms. The normalized spacial score (nSPS) is 23.5. The molecule has 3 rings (SSSR count). The van der Waals surface area contributed by atoms with E-state index in [4.69, 9.17) is 4.74 Å². The van der Waals surface area contributed by atoms with Gasteiger partial charge in [0, 0.05) is 19.7 Å². The number of urea groups is 1. The maximum atomic E-state index is 14.3. The number of rotatable bonds is 7. The lowest BCUT2D eigenvalue weighted by Crippen LogP contribution is -2.73. The number of benzene rings is 2. The van der Waals surface area contributed by atoms with Gasteiger partial charge in [0.2, 0.25) is 0 Å². The van der Waals surface area contributed by atoms with Crippen LogP contribution in [0.25, 0.3) is 0 Å². The summed E-state index contributed by atoms with van der Waals surface area (Å²) in [7, 11) is 2.16. The van der Waals surface area contributed by atoms with Gasteiger partial charge in [0.05, 0.1) is 12.6 Å². The van der Waals surface area contributed by atoms with Crippen molar-refractivity contribution < 1.29 is 32.6 Å². The third-order valence-electron chi connectivity index (χ3n) is 6.01. The summed E-state index contributed by atoms with van der Waals surface area (Å²) in [5.41, 5.74) is -3.42. The Morgan fingerprint density at radius 3 is 2.24 bits per heavy atom. The smallest absolute Gasteiger partial charge is 0.437 e. The maximum Gasteiger partial charge on any atom is 0.437 e. The minimum Gasteiger partial charge on any atom is -0.494 e. The summed E-state index contributed by atoms with van der Waals surface area (Å²) in [5, 5.41) is 11.0. The van der Waals surface area contributed by atoms with E-state index in [0.29, 0.717) is 12.4 Å². The van der Waals surface area contributed by atoms with Gasteiger partial charge in [-0.3, -0.25) is 9.69 Å². The molecule has 0 aromatic heterocycles. The van der Waals surface area contributed by atoms with Crippen molar-refractivity contribution >= 4 is 11.8 Å². The summed E-state index contributed by atoms with van der Waals surface area (Å²) >= 11 is 0. The minimum absolute atomic E-state index is 0.00541. The Bertz CT molecular complexity index is 981. The highest BCUT2D eigenvalue weighted by Crippen LogP contribution is 2.50. The largest absolute Gasteiger partial charge is 0.494 e. The lowest BCUT2D eigenvalue weighted by atomic mass is 9.75. The summed E-state index contributed by atoms with van der Waals surface area (Å²) in [6, 6.07) is 11.2. The zero-order valence-electron chi connectivity index (χ0n) is 18.7. The molecular weight excluding hydrogens is 437 g/mol. The second-order valence-electron chi connectivity index (χ2n) is 8.10. The number of carbonyl (C=O) groups is 2. The van der Waals surface area contributed by atoms with Gasteiger partial charge >= 0.3 is 12.2 Å². The standard InChI is InChI=1S/C24H27F3N2O4/c1-4-5-15-33-18-13-11-16(12-14-18)20-19(21(30)17-9-7-6-8-10-17)23(32,24(25,26)27)29(3)22(31)28(20)2/h6-14,19-20,32H,4-5,15H2,1-3H3.